The lowest BCUT2D eigenvalue weighted by Gasteiger charge is -2.13. The Kier molecular flexibility index (Phi) is 3.10. The van der Waals surface area contributed by atoms with Crippen LogP contribution in [0.2, 0.25) is 0 Å². The number of nitro groups is 1. The Hall–Kier alpha value is -2.87. The molecule has 0 aliphatic carbocycles. The normalized spacial score (nSPS) is 13.4. The molecule has 22 heavy (non-hydrogen) atoms. The molecule has 3 rings (SSSR count). The van der Waals surface area contributed by atoms with E-state index in [9.17, 15) is 24.5 Å². The van der Waals surface area contributed by atoms with Crippen molar-refractivity contribution < 1.29 is 19.3 Å². The molecule has 1 aromatic carbocycles. The Balaban J connectivity index is 2.19. The summed E-state index contributed by atoms with van der Waals surface area (Å²) in [5.41, 5.74) is -0.519. The third-order valence-corrected chi connectivity index (χ3v) is 4.30. The van der Waals surface area contributed by atoms with Crippen molar-refractivity contribution in [2.75, 3.05) is 4.90 Å². The average molecular weight is 316 g/mol. The zero-order valence-corrected chi connectivity index (χ0v) is 12.0. The second-order valence-electron chi connectivity index (χ2n) is 4.59. The molecule has 110 valence electrons. The molecular formula is C14H8N2O5S. The molecule has 0 bridgehead atoms. The highest BCUT2D eigenvalue weighted by Crippen LogP contribution is 2.36. The summed E-state index contributed by atoms with van der Waals surface area (Å²) in [5.74, 6) is -1.73. The molecule has 1 aromatic heterocycles. The van der Waals surface area contributed by atoms with Gasteiger partial charge >= 0.3 is 0 Å². The van der Waals surface area contributed by atoms with E-state index in [0.29, 0.717) is 0 Å². The van der Waals surface area contributed by atoms with Gasteiger partial charge in [-0.2, -0.15) is 0 Å². The van der Waals surface area contributed by atoms with Crippen LogP contribution in [-0.4, -0.2) is 22.5 Å². The molecule has 8 heteroatoms. The van der Waals surface area contributed by atoms with Gasteiger partial charge in [-0.3, -0.25) is 24.5 Å². The van der Waals surface area contributed by atoms with Crippen molar-refractivity contribution in [1.29, 1.82) is 0 Å². The first kappa shape index (κ1) is 14.1. The lowest BCUT2D eigenvalue weighted by Crippen LogP contribution is -2.30. The Morgan fingerprint density at radius 3 is 2.59 bits per heavy atom. The summed E-state index contributed by atoms with van der Waals surface area (Å²) < 4.78 is 0. The van der Waals surface area contributed by atoms with E-state index in [0.717, 1.165) is 16.2 Å². The molecule has 0 saturated heterocycles. The van der Waals surface area contributed by atoms with Gasteiger partial charge in [0.2, 0.25) is 0 Å². The fourth-order valence-electron chi connectivity index (χ4n) is 2.38. The lowest BCUT2D eigenvalue weighted by atomic mass is 10.1. The number of benzene rings is 1. The highest BCUT2D eigenvalue weighted by Gasteiger charge is 2.43. The monoisotopic (exact) mass is 316 g/mol. The first-order valence-electron chi connectivity index (χ1n) is 6.18. The zero-order valence-electron chi connectivity index (χ0n) is 11.2. The van der Waals surface area contributed by atoms with E-state index < -0.39 is 22.4 Å². The van der Waals surface area contributed by atoms with Crippen molar-refractivity contribution in [2.45, 2.75) is 6.92 Å². The molecule has 0 N–H and O–H groups in total. The molecule has 7 nitrogen and oxygen atoms in total. The van der Waals surface area contributed by atoms with Gasteiger partial charge in [0.25, 0.3) is 17.5 Å². The highest BCUT2D eigenvalue weighted by atomic mass is 32.1. The molecule has 0 radical (unpaired) electrons. The fraction of sp³-hybridized carbons (Fsp3) is 0.0714. The number of nitrogens with zero attached hydrogens (tertiary/aromatic N) is 2. The number of imide groups is 1. The SMILES string of the molecule is CC(=O)c1sccc1N1C(=O)c2cccc([N+](=O)[O-])c2C1=O. The van der Waals surface area contributed by atoms with Gasteiger partial charge in [0, 0.05) is 13.0 Å². The summed E-state index contributed by atoms with van der Waals surface area (Å²) in [4.78, 5) is 48.0. The van der Waals surface area contributed by atoms with E-state index in [-0.39, 0.29) is 27.5 Å². The van der Waals surface area contributed by atoms with Crippen molar-refractivity contribution in [3.8, 4) is 0 Å². The molecule has 0 unspecified atom stereocenters. The van der Waals surface area contributed by atoms with Crippen LogP contribution in [0.1, 0.15) is 37.3 Å². The number of ketones is 1. The topological polar surface area (TPSA) is 97.6 Å². The maximum Gasteiger partial charge on any atom is 0.283 e. The minimum Gasteiger partial charge on any atom is -0.294 e. The number of hydrogen-bond donors (Lipinski definition) is 0. The number of anilines is 1. The zero-order chi connectivity index (χ0) is 16.0. The van der Waals surface area contributed by atoms with E-state index in [1.807, 2.05) is 0 Å². The van der Waals surface area contributed by atoms with Crippen molar-refractivity contribution in [1.82, 2.24) is 0 Å². The van der Waals surface area contributed by atoms with Crippen LogP contribution in [0.5, 0.6) is 0 Å². The van der Waals surface area contributed by atoms with Crippen molar-refractivity contribution >= 4 is 40.3 Å². The number of fused-ring (bicyclic) bond motifs is 1. The molecule has 2 amide bonds. The minimum atomic E-state index is -0.784. The van der Waals surface area contributed by atoms with E-state index in [4.69, 9.17) is 0 Å². The van der Waals surface area contributed by atoms with Gasteiger partial charge < -0.3 is 0 Å². The third-order valence-electron chi connectivity index (χ3n) is 3.29. The van der Waals surface area contributed by atoms with Gasteiger partial charge in [-0.15, -0.1) is 11.3 Å². The molecular weight excluding hydrogens is 308 g/mol. The molecule has 0 atom stereocenters. The summed E-state index contributed by atoms with van der Waals surface area (Å²) in [6.45, 7) is 1.33. The average Bonchev–Trinajstić information content (AvgIpc) is 3.03. The van der Waals surface area contributed by atoms with Crippen LogP contribution in [0.15, 0.2) is 29.6 Å². The molecule has 1 aliphatic heterocycles. The maximum atomic E-state index is 12.5. The summed E-state index contributed by atoms with van der Waals surface area (Å²) in [5, 5.41) is 12.6. The van der Waals surface area contributed by atoms with E-state index in [1.165, 1.54) is 31.2 Å². The second-order valence-corrected chi connectivity index (χ2v) is 5.51. The largest absolute Gasteiger partial charge is 0.294 e. The number of thiophene rings is 1. The van der Waals surface area contributed by atoms with Gasteiger partial charge in [-0.25, -0.2) is 4.90 Å². The maximum absolute atomic E-state index is 12.5. The van der Waals surface area contributed by atoms with Crippen molar-refractivity contribution in [2.24, 2.45) is 0 Å². The van der Waals surface area contributed by atoms with Gasteiger partial charge in [0.1, 0.15) is 5.56 Å². The van der Waals surface area contributed by atoms with E-state index >= 15 is 0 Å². The molecule has 0 fully saturated rings. The van der Waals surface area contributed by atoms with Crippen molar-refractivity contribution in [3.05, 3.63) is 55.8 Å². The van der Waals surface area contributed by atoms with Crippen LogP contribution in [0, 0.1) is 10.1 Å². The number of amides is 2. The Morgan fingerprint density at radius 1 is 1.23 bits per heavy atom. The van der Waals surface area contributed by atoms with Crippen LogP contribution in [0.25, 0.3) is 0 Å². The predicted octanol–water partition coefficient (Wildman–Crippen LogP) is 2.66. The lowest BCUT2D eigenvalue weighted by molar-refractivity contribution is -0.385. The number of Topliss-reactive ketones (excluding diaryl/α,β-unsaturated/α-hetero) is 1. The highest BCUT2D eigenvalue weighted by molar-refractivity contribution is 7.12. The first-order chi connectivity index (χ1) is 10.4. The smallest absolute Gasteiger partial charge is 0.283 e. The summed E-state index contributed by atoms with van der Waals surface area (Å²) in [6.07, 6.45) is 0. The summed E-state index contributed by atoms with van der Waals surface area (Å²) in [6, 6.07) is 5.37. The number of carbonyl (C=O) groups excluding carboxylic acids is 3. The van der Waals surface area contributed by atoms with Crippen molar-refractivity contribution in [3.63, 3.8) is 0 Å². The standard InChI is InChI=1S/C14H8N2O5S/c1-7(17)12-10(5-6-22-12)15-13(18)8-3-2-4-9(16(20)21)11(8)14(15)19/h2-6H,1H3. The quantitative estimate of drug-likeness (QED) is 0.375. The van der Waals surface area contributed by atoms with Gasteiger partial charge in [-0.1, -0.05) is 6.07 Å². The van der Waals surface area contributed by atoms with Gasteiger partial charge in [0.05, 0.1) is 21.1 Å². The molecule has 2 aromatic rings. The Bertz CT molecular complexity index is 855. The number of nitro benzene ring substituents is 1. The number of rotatable bonds is 3. The summed E-state index contributed by atoms with van der Waals surface area (Å²) >= 11 is 1.11. The Morgan fingerprint density at radius 2 is 1.95 bits per heavy atom. The third kappa shape index (κ3) is 1.85. The number of hydrogen-bond acceptors (Lipinski definition) is 6. The predicted molar refractivity (Wildman–Crippen MR) is 78.6 cm³/mol. The fourth-order valence-corrected chi connectivity index (χ4v) is 3.16. The van der Waals surface area contributed by atoms with E-state index in [1.54, 1.807) is 5.38 Å². The summed E-state index contributed by atoms with van der Waals surface area (Å²) in [7, 11) is 0. The minimum absolute atomic E-state index is 0.0279. The van der Waals surface area contributed by atoms with Crippen LogP contribution >= 0.6 is 11.3 Å². The first-order valence-corrected chi connectivity index (χ1v) is 7.06. The molecule has 1 aliphatic rings. The van der Waals surface area contributed by atoms with Crippen LogP contribution in [0.4, 0.5) is 11.4 Å². The van der Waals surface area contributed by atoms with E-state index in [2.05, 4.69) is 0 Å². The van der Waals surface area contributed by atoms with Gasteiger partial charge in [-0.05, 0) is 17.5 Å². The van der Waals surface area contributed by atoms with Crippen LogP contribution < -0.4 is 4.90 Å². The van der Waals surface area contributed by atoms with Crippen LogP contribution in [0.3, 0.4) is 0 Å². The molecule has 2 heterocycles. The molecule has 0 saturated carbocycles. The van der Waals surface area contributed by atoms with Crippen LogP contribution in [-0.2, 0) is 0 Å². The Labute approximate surface area is 127 Å². The second kappa shape index (κ2) is 4.85. The molecule has 0 spiro atoms. The van der Waals surface area contributed by atoms with Gasteiger partial charge in [0.15, 0.2) is 5.78 Å². The number of carbonyl (C=O) groups is 3.